The van der Waals surface area contributed by atoms with Crippen LogP contribution >= 0.6 is 0 Å². The number of carbonyl (C=O) groups is 1. The van der Waals surface area contributed by atoms with Crippen molar-refractivity contribution in [3.63, 3.8) is 0 Å². The van der Waals surface area contributed by atoms with Gasteiger partial charge in [-0.1, -0.05) is 20.8 Å². The third-order valence-electron chi connectivity index (χ3n) is 2.18. The van der Waals surface area contributed by atoms with Crippen LogP contribution in [-0.4, -0.2) is 30.4 Å². The number of hydrogen-bond acceptors (Lipinski definition) is 2. The predicted molar refractivity (Wildman–Crippen MR) is 55.4 cm³/mol. The lowest BCUT2D eigenvalue weighted by Gasteiger charge is -2.21. The summed E-state index contributed by atoms with van der Waals surface area (Å²) in [5.74, 6) is 0.691. The lowest BCUT2D eigenvalue weighted by molar-refractivity contribution is -0.131. The highest BCUT2D eigenvalue weighted by Gasteiger charge is 2.15. The van der Waals surface area contributed by atoms with E-state index in [4.69, 9.17) is 5.73 Å². The SMILES string of the molecule is CC[C@@H](N)C(=O)N(C)CCC(C)C. The van der Waals surface area contributed by atoms with Gasteiger partial charge >= 0.3 is 0 Å². The Bertz CT molecular complexity index is 157. The van der Waals surface area contributed by atoms with Crippen molar-refractivity contribution >= 4 is 5.91 Å². The van der Waals surface area contributed by atoms with Gasteiger partial charge in [0, 0.05) is 13.6 Å². The van der Waals surface area contributed by atoms with Gasteiger partial charge in [0.1, 0.15) is 0 Å². The molecule has 3 heteroatoms. The van der Waals surface area contributed by atoms with E-state index in [1.54, 1.807) is 4.90 Å². The van der Waals surface area contributed by atoms with Crippen LogP contribution in [0.1, 0.15) is 33.6 Å². The molecule has 3 nitrogen and oxygen atoms in total. The summed E-state index contributed by atoms with van der Waals surface area (Å²) >= 11 is 0. The van der Waals surface area contributed by atoms with Crippen molar-refractivity contribution in [3.05, 3.63) is 0 Å². The van der Waals surface area contributed by atoms with Gasteiger partial charge in [0.2, 0.25) is 5.91 Å². The highest BCUT2D eigenvalue weighted by atomic mass is 16.2. The van der Waals surface area contributed by atoms with E-state index in [2.05, 4.69) is 13.8 Å². The first-order valence-corrected chi connectivity index (χ1v) is 4.99. The third-order valence-corrected chi connectivity index (χ3v) is 2.18. The molecule has 1 amide bonds. The van der Waals surface area contributed by atoms with Gasteiger partial charge in [-0.15, -0.1) is 0 Å². The minimum atomic E-state index is -0.322. The molecule has 78 valence electrons. The summed E-state index contributed by atoms with van der Waals surface area (Å²) in [6.07, 6.45) is 1.75. The van der Waals surface area contributed by atoms with Crippen molar-refractivity contribution in [2.45, 2.75) is 39.7 Å². The van der Waals surface area contributed by atoms with E-state index in [0.29, 0.717) is 12.3 Å². The Labute approximate surface area is 81.3 Å². The van der Waals surface area contributed by atoms with Crippen LogP contribution in [-0.2, 0) is 4.79 Å². The predicted octanol–water partition coefficient (Wildman–Crippen LogP) is 1.23. The van der Waals surface area contributed by atoms with E-state index in [1.165, 1.54) is 0 Å². The van der Waals surface area contributed by atoms with Crippen LogP contribution < -0.4 is 5.73 Å². The summed E-state index contributed by atoms with van der Waals surface area (Å²) in [4.78, 5) is 13.2. The molecule has 0 heterocycles. The molecule has 0 saturated carbocycles. The third kappa shape index (κ3) is 4.88. The maximum atomic E-state index is 11.5. The molecule has 0 bridgehead atoms. The lowest BCUT2D eigenvalue weighted by atomic mass is 10.1. The summed E-state index contributed by atoms with van der Waals surface area (Å²) < 4.78 is 0. The molecule has 1 atom stereocenters. The van der Waals surface area contributed by atoms with Crippen LogP contribution in [0.25, 0.3) is 0 Å². The maximum Gasteiger partial charge on any atom is 0.239 e. The smallest absolute Gasteiger partial charge is 0.239 e. The van der Waals surface area contributed by atoms with Crippen LogP contribution in [0.5, 0.6) is 0 Å². The normalized spacial score (nSPS) is 13.1. The minimum Gasteiger partial charge on any atom is -0.344 e. The molecule has 0 aliphatic heterocycles. The molecule has 0 spiro atoms. The molecule has 0 aromatic rings. The van der Waals surface area contributed by atoms with E-state index in [9.17, 15) is 4.79 Å². The van der Waals surface area contributed by atoms with Gasteiger partial charge in [-0.3, -0.25) is 4.79 Å². The van der Waals surface area contributed by atoms with Crippen LogP contribution in [0, 0.1) is 5.92 Å². The second kappa shape index (κ2) is 5.97. The zero-order chi connectivity index (χ0) is 10.4. The fraction of sp³-hybridized carbons (Fsp3) is 0.900. The summed E-state index contributed by atoms with van der Waals surface area (Å²) in [5.41, 5.74) is 5.63. The molecule has 0 fully saturated rings. The van der Waals surface area contributed by atoms with Crippen molar-refractivity contribution in [2.75, 3.05) is 13.6 Å². The maximum absolute atomic E-state index is 11.5. The highest BCUT2D eigenvalue weighted by molar-refractivity contribution is 5.81. The van der Waals surface area contributed by atoms with Crippen molar-refractivity contribution in [2.24, 2.45) is 11.7 Å². The Balaban J connectivity index is 3.82. The van der Waals surface area contributed by atoms with Gasteiger partial charge in [0.05, 0.1) is 6.04 Å². The number of amides is 1. The second-order valence-electron chi connectivity index (χ2n) is 3.96. The van der Waals surface area contributed by atoms with E-state index < -0.39 is 0 Å². The fourth-order valence-electron chi connectivity index (χ4n) is 1.02. The summed E-state index contributed by atoms with van der Waals surface area (Å²) in [5, 5.41) is 0. The molecule has 0 aliphatic rings. The average molecular weight is 186 g/mol. The monoisotopic (exact) mass is 186 g/mol. The molecule has 2 N–H and O–H groups in total. The standard InChI is InChI=1S/C10H22N2O/c1-5-9(11)10(13)12(4)7-6-8(2)3/h8-9H,5-7,11H2,1-4H3/t9-/m1/s1. The molecule has 0 radical (unpaired) electrons. The number of carbonyl (C=O) groups excluding carboxylic acids is 1. The number of nitrogens with two attached hydrogens (primary N) is 1. The van der Waals surface area contributed by atoms with Crippen molar-refractivity contribution in [1.29, 1.82) is 0 Å². The molecular formula is C10H22N2O. The number of likely N-dealkylation sites (N-methyl/N-ethyl adjacent to an activating group) is 1. The van der Waals surface area contributed by atoms with E-state index >= 15 is 0 Å². The first kappa shape index (κ1) is 12.4. The topological polar surface area (TPSA) is 46.3 Å². The van der Waals surface area contributed by atoms with E-state index in [1.807, 2.05) is 14.0 Å². The van der Waals surface area contributed by atoms with Crippen molar-refractivity contribution < 1.29 is 4.79 Å². The Kier molecular flexibility index (Phi) is 5.71. The van der Waals surface area contributed by atoms with Crippen LogP contribution in [0.4, 0.5) is 0 Å². The van der Waals surface area contributed by atoms with Gasteiger partial charge in [-0.05, 0) is 18.8 Å². The van der Waals surface area contributed by atoms with Crippen LogP contribution in [0.15, 0.2) is 0 Å². The number of nitrogens with zero attached hydrogens (tertiary/aromatic N) is 1. The Morgan fingerprint density at radius 2 is 2.00 bits per heavy atom. The largest absolute Gasteiger partial charge is 0.344 e. The van der Waals surface area contributed by atoms with Gasteiger partial charge in [-0.2, -0.15) is 0 Å². The van der Waals surface area contributed by atoms with Gasteiger partial charge in [0.15, 0.2) is 0 Å². The van der Waals surface area contributed by atoms with Gasteiger partial charge < -0.3 is 10.6 Å². The highest BCUT2D eigenvalue weighted by Crippen LogP contribution is 2.02. The van der Waals surface area contributed by atoms with E-state index in [0.717, 1.165) is 13.0 Å². The Morgan fingerprint density at radius 1 is 1.46 bits per heavy atom. The number of hydrogen-bond donors (Lipinski definition) is 1. The molecule has 0 aromatic carbocycles. The summed E-state index contributed by atoms with van der Waals surface area (Å²) in [6.45, 7) is 7.04. The average Bonchev–Trinajstić information content (AvgIpc) is 2.11. The first-order valence-electron chi connectivity index (χ1n) is 4.99. The van der Waals surface area contributed by atoms with Crippen LogP contribution in [0.3, 0.4) is 0 Å². The first-order chi connectivity index (χ1) is 5.99. The number of rotatable bonds is 5. The van der Waals surface area contributed by atoms with Gasteiger partial charge in [0.25, 0.3) is 0 Å². The molecule has 0 unspecified atom stereocenters. The Morgan fingerprint density at radius 3 is 2.38 bits per heavy atom. The van der Waals surface area contributed by atoms with E-state index in [-0.39, 0.29) is 11.9 Å². The van der Waals surface area contributed by atoms with Gasteiger partial charge in [-0.25, -0.2) is 0 Å². The quantitative estimate of drug-likeness (QED) is 0.702. The minimum absolute atomic E-state index is 0.0585. The summed E-state index contributed by atoms with van der Waals surface area (Å²) in [6, 6.07) is -0.322. The molecule has 0 aliphatic carbocycles. The van der Waals surface area contributed by atoms with Crippen LogP contribution in [0.2, 0.25) is 0 Å². The molecule has 0 rings (SSSR count). The molecular weight excluding hydrogens is 164 g/mol. The summed E-state index contributed by atoms with van der Waals surface area (Å²) in [7, 11) is 1.82. The second-order valence-corrected chi connectivity index (χ2v) is 3.96. The lowest BCUT2D eigenvalue weighted by Crippen LogP contribution is -2.41. The fourth-order valence-corrected chi connectivity index (χ4v) is 1.02. The molecule has 13 heavy (non-hydrogen) atoms. The van der Waals surface area contributed by atoms with Crippen molar-refractivity contribution in [3.8, 4) is 0 Å². The zero-order valence-electron chi connectivity index (χ0n) is 9.21. The molecule has 0 aromatic heterocycles. The zero-order valence-corrected chi connectivity index (χ0v) is 9.21. The molecule has 0 saturated heterocycles. The van der Waals surface area contributed by atoms with Crippen molar-refractivity contribution in [1.82, 2.24) is 4.90 Å². The Hall–Kier alpha value is -0.570.